The lowest BCUT2D eigenvalue weighted by Crippen LogP contribution is -2.19. The summed E-state index contributed by atoms with van der Waals surface area (Å²) in [5.41, 5.74) is 1.08. The fraction of sp³-hybridized carbons (Fsp3) is 0. The quantitative estimate of drug-likeness (QED) is 0.656. The number of anilines is 2. The molecule has 2 aromatic carbocycles. The monoisotopic (exact) mass is 335 g/mol. The molecule has 0 fully saturated rings. The fourth-order valence-corrected chi connectivity index (χ4v) is 1.90. The zero-order valence-electron chi connectivity index (χ0n) is 10.2. The molecular weight excluding hydrogens is 326 g/mol. The highest BCUT2D eigenvalue weighted by Gasteiger charge is 2.07. The molecule has 7 heteroatoms. The third-order valence-electron chi connectivity index (χ3n) is 2.46. The number of hydrogen-bond acceptors (Lipinski definition) is 3. The highest BCUT2D eigenvalue weighted by molar-refractivity contribution is 9.10. The Hall–Kier alpha value is -2.41. The van der Waals surface area contributed by atoms with Crippen LogP contribution >= 0.6 is 15.9 Å². The molecule has 0 bridgehead atoms. The van der Waals surface area contributed by atoms with Crippen LogP contribution in [0.25, 0.3) is 0 Å². The Morgan fingerprint density at radius 2 is 1.70 bits per heavy atom. The molecule has 6 nitrogen and oxygen atoms in total. The maximum atomic E-state index is 11.8. The van der Waals surface area contributed by atoms with E-state index in [4.69, 9.17) is 0 Å². The summed E-state index contributed by atoms with van der Waals surface area (Å²) in [6, 6.07) is 12.4. The average molecular weight is 336 g/mol. The molecule has 2 rings (SSSR count). The Morgan fingerprint density at radius 3 is 2.30 bits per heavy atom. The van der Waals surface area contributed by atoms with Crippen LogP contribution in [0.3, 0.4) is 0 Å². The second kappa shape index (κ2) is 6.16. The highest BCUT2D eigenvalue weighted by Crippen LogP contribution is 2.21. The smallest absolute Gasteiger partial charge is 0.308 e. The minimum absolute atomic E-state index is 0.0261. The maximum absolute atomic E-state index is 11.8. The van der Waals surface area contributed by atoms with Crippen LogP contribution in [0.15, 0.2) is 53.0 Å². The highest BCUT2D eigenvalue weighted by atomic mass is 79.9. The van der Waals surface area contributed by atoms with E-state index in [1.165, 1.54) is 24.3 Å². The molecule has 0 atom stereocenters. The number of non-ortho nitro benzene ring substituents is 1. The average Bonchev–Trinajstić information content (AvgIpc) is 2.42. The molecule has 0 radical (unpaired) electrons. The van der Waals surface area contributed by atoms with E-state index in [0.29, 0.717) is 11.4 Å². The van der Waals surface area contributed by atoms with Crippen molar-refractivity contribution in [3.63, 3.8) is 0 Å². The van der Waals surface area contributed by atoms with Crippen LogP contribution < -0.4 is 10.6 Å². The molecule has 2 amide bonds. The predicted octanol–water partition coefficient (Wildman–Crippen LogP) is 4.00. The van der Waals surface area contributed by atoms with Crippen molar-refractivity contribution in [2.75, 3.05) is 10.6 Å². The first-order valence-electron chi connectivity index (χ1n) is 5.63. The van der Waals surface area contributed by atoms with Gasteiger partial charge in [-0.2, -0.15) is 0 Å². The summed E-state index contributed by atoms with van der Waals surface area (Å²) in [5, 5.41) is 15.8. The van der Waals surface area contributed by atoms with E-state index >= 15 is 0 Å². The van der Waals surface area contributed by atoms with Crippen molar-refractivity contribution < 1.29 is 9.72 Å². The summed E-state index contributed by atoms with van der Waals surface area (Å²) in [4.78, 5) is 21.8. The standard InChI is InChI=1S/C13H10BrN3O3/c14-11-3-1-2-4-12(11)16-13(18)15-9-5-7-10(8-6-9)17(19)20/h1-8H,(H2,15,16,18). The Labute approximate surface area is 123 Å². The number of nitrogens with one attached hydrogen (secondary N) is 2. The number of nitrogens with zero attached hydrogens (tertiary/aromatic N) is 1. The Morgan fingerprint density at radius 1 is 1.05 bits per heavy atom. The largest absolute Gasteiger partial charge is 0.323 e. The van der Waals surface area contributed by atoms with Crippen LogP contribution in [-0.4, -0.2) is 11.0 Å². The van der Waals surface area contributed by atoms with Gasteiger partial charge in [-0.1, -0.05) is 12.1 Å². The lowest BCUT2D eigenvalue weighted by molar-refractivity contribution is -0.384. The third kappa shape index (κ3) is 3.55. The first-order chi connectivity index (χ1) is 9.56. The van der Waals surface area contributed by atoms with Gasteiger partial charge in [-0.05, 0) is 40.2 Å². The molecule has 0 unspecified atom stereocenters. The van der Waals surface area contributed by atoms with E-state index in [-0.39, 0.29) is 5.69 Å². The summed E-state index contributed by atoms with van der Waals surface area (Å²) in [7, 11) is 0. The van der Waals surface area contributed by atoms with Crippen LogP contribution in [0.1, 0.15) is 0 Å². The second-order valence-corrected chi connectivity index (χ2v) is 4.72. The molecule has 0 saturated heterocycles. The Balaban J connectivity index is 2.01. The van der Waals surface area contributed by atoms with E-state index in [1.54, 1.807) is 12.1 Å². The van der Waals surface area contributed by atoms with Gasteiger partial charge in [-0.15, -0.1) is 0 Å². The summed E-state index contributed by atoms with van der Waals surface area (Å²) in [6.45, 7) is 0. The molecule has 0 saturated carbocycles. The van der Waals surface area contributed by atoms with Gasteiger partial charge < -0.3 is 10.6 Å². The molecule has 0 aromatic heterocycles. The summed E-state index contributed by atoms with van der Waals surface area (Å²) >= 11 is 3.32. The number of urea groups is 1. The fourth-order valence-electron chi connectivity index (χ4n) is 1.51. The molecule has 20 heavy (non-hydrogen) atoms. The summed E-state index contributed by atoms with van der Waals surface area (Å²) in [5.74, 6) is 0. The molecule has 0 aliphatic carbocycles. The number of amides is 2. The van der Waals surface area contributed by atoms with Crippen molar-refractivity contribution in [3.8, 4) is 0 Å². The van der Waals surface area contributed by atoms with E-state index < -0.39 is 11.0 Å². The van der Waals surface area contributed by atoms with Crippen LogP contribution in [0.4, 0.5) is 21.9 Å². The zero-order chi connectivity index (χ0) is 14.5. The Kier molecular flexibility index (Phi) is 4.31. The first kappa shape index (κ1) is 14.0. The normalized spacial score (nSPS) is 9.85. The van der Waals surface area contributed by atoms with Crippen molar-refractivity contribution in [1.29, 1.82) is 0 Å². The topological polar surface area (TPSA) is 84.3 Å². The lowest BCUT2D eigenvalue weighted by Gasteiger charge is -2.08. The minimum atomic E-state index is -0.495. The second-order valence-electron chi connectivity index (χ2n) is 3.86. The van der Waals surface area contributed by atoms with E-state index in [0.717, 1.165) is 4.47 Å². The van der Waals surface area contributed by atoms with Crippen LogP contribution in [-0.2, 0) is 0 Å². The maximum Gasteiger partial charge on any atom is 0.323 e. The van der Waals surface area contributed by atoms with Gasteiger partial charge in [-0.3, -0.25) is 10.1 Å². The molecule has 0 heterocycles. The molecule has 0 spiro atoms. The van der Waals surface area contributed by atoms with Crippen molar-refractivity contribution in [2.24, 2.45) is 0 Å². The van der Waals surface area contributed by atoms with Gasteiger partial charge in [0.2, 0.25) is 0 Å². The number of halogens is 1. The van der Waals surface area contributed by atoms with E-state index in [9.17, 15) is 14.9 Å². The minimum Gasteiger partial charge on any atom is -0.308 e. The number of nitro benzene ring substituents is 1. The number of benzene rings is 2. The predicted molar refractivity (Wildman–Crippen MR) is 79.9 cm³/mol. The van der Waals surface area contributed by atoms with Crippen LogP contribution in [0.2, 0.25) is 0 Å². The van der Waals surface area contributed by atoms with Crippen LogP contribution in [0.5, 0.6) is 0 Å². The van der Waals surface area contributed by atoms with Gasteiger partial charge in [0.05, 0.1) is 10.6 Å². The van der Waals surface area contributed by atoms with Crippen LogP contribution in [0, 0.1) is 10.1 Å². The van der Waals surface area contributed by atoms with Crippen molar-refractivity contribution >= 4 is 39.0 Å². The summed E-state index contributed by atoms with van der Waals surface area (Å²) < 4.78 is 0.763. The third-order valence-corrected chi connectivity index (χ3v) is 3.15. The number of carbonyl (C=O) groups is 1. The molecular formula is C13H10BrN3O3. The molecule has 0 aliphatic heterocycles. The summed E-state index contributed by atoms with van der Waals surface area (Å²) in [6.07, 6.45) is 0. The number of nitro groups is 1. The van der Waals surface area contributed by atoms with Crippen molar-refractivity contribution in [2.45, 2.75) is 0 Å². The first-order valence-corrected chi connectivity index (χ1v) is 6.42. The lowest BCUT2D eigenvalue weighted by atomic mass is 10.3. The Bertz CT molecular complexity index is 644. The zero-order valence-corrected chi connectivity index (χ0v) is 11.8. The van der Waals surface area contributed by atoms with Crippen molar-refractivity contribution in [1.82, 2.24) is 0 Å². The van der Waals surface area contributed by atoms with Gasteiger partial charge in [0.25, 0.3) is 5.69 Å². The number of carbonyl (C=O) groups excluding carboxylic acids is 1. The SMILES string of the molecule is O=C(Nc1ccc([N+](=O)[O-])cc1)Nc1ccccc1Br. The number of hydrogen-bond donors (Lipinski definition) is 2. The van der Waals surface area contributed by atoms with Gasteiger partial charge in [0.15, 0.2) is 0 Å². The van der Waals surface area contributed by atoms with E-state index in [1.807, 2.05) is 12.1 Å². The molecule has 2 aromatic rings. The van der Waals surface area contributed by atoms with E-state index in [2.05, 4.69) is 26.6 Å². The van der Waals surface area contributed by atoms with Gasteiger partial charge >= 0.3 is 6.03 Å². The van der Waals surface area contributed by atoms with Gasteiger partial charge in [0, 0.05) is 22.3 Å². The van der Waals surface area contributed by atoms with Gasteiger partial charge in [-0.25, -0.2) is 4.79 Å². The molecule has 102 valence electrons. The van der Waals surface area contributed by atoms with Crippen molar-refractivity contribution in [3.05, 3.63) is 63.1 Å². The molecule has 2 N–H and O–H groups in total. The number of para-hydroxylation sites is 1. The molecule has 0 aliphatic rings. The van der Waals surface area contributed by atoms with Gasteiger partial charge in [0.1, 0.15) is 0 Å². The number of rotatable bonds is 3.